The van der Waals surface area contributed by atoms with Gasteiger partial charge in [0, 0.05) is 14.9 Å². The van der Waals surface area contributed by atoms with Gasteiger partial charge in [-0.3, -0.25) is 5.41 Å². The minimum Gasteiger partial charge on any atom is -0.384 e. The van der Waals surface area contributed by atoms with Gasteiger partial charge in [0.2, 0.25) is 0 Å². The monoisotopic (exact) mass is 258 g/mol. The maximum Gasteiger partial charge on any atom is 0.125 e. The number of thioether (sulfide) groups is 1. The highest BCUT2D eigenvalue weighted by Crippen LogP contribution is 2.27. The molecule has 13 heavy (non-hydrogen) atoms. The SMILES string of the molecule is CCSc1cccc(Br)c1C(=N)N. The molecule has 0 aromatic heterocycles. The van der Waals surface area contributed by atoms with Gasteiger partial charge in [0.05, 0.1) is 0 Å². The fourth-order valence-electron chi connectivity index (χ4n) is 1.04. The van der Waals surface area contributed by atoms with Crippen LogP contribution in [0.15, 0.2) is 27.6 Å². The molecule has 1 aromatic carbocycles. The van der Waals surface area contributed by atoms with E-state index in [9.17, 15) is 0 Å². The Kier molecular flexibility index (Phi) is 3.81. The topological polar surface area (TPSA) is 49.9 Å². The van der Waals surface area contributed by atoms with Gasteiger partial charge in [-0.05, 0) is 33.8 Å². The molecule has 0 bridgehead atoms. The largest absolute Gasteiger partial charge is 0.384 e. The van der Waals surface area contributed by atoms with Crippen molar-refractivity contribution < 1.29 is 0 Å². The second kappa shape index (κ2) is 4.67. The number of nitrogens with one attached hydrogen (secondary N) is 1. The molecule has 4 heteroatoms. The number of nitrogen functional groups attached to an aromatic ring is 1. The van der Waals surface area contributed by atoms with Crippen molar-refractivity contribution in [3.63, 3.8) is 0 Å². The van der Waals surface area contributed by atoms with E-state index in [2.05, 4.69) is 22.9 Å². The molecule has 1 rings (SSSR count). The third-order valence-corrected chi connectivity index (χ3v) is 3.15. The van der Waals surface area contributed by atoms with Gasteiger partial charge in [0.25, 0.3) is 0 Å². The number of benzene rings is 1. The standard InChI is InChI=1S/C9H11BrN2S/c1-2-13-7-5-3-4-6(10)8(7)9(11)12/h3-5H,2H2,1H3,(H3,11,12). The molecule has 0 saturated carbocycles. The lowest BCUT2D eigenvalue weighted by molar-refractivity contribution is 1.32. The first kappa shape index (κ1) is 10.6. The maximum absolute atomic E-state index is 7.43. The van der Waals surface area contributed by atoms with Crippen LogP contribution in [0.2, 0.25) is 0 Å². The van der Waals surface area contributed by atoms with Crippen LogP contribution in [0.1, 0.15) is 12.5 Å². The minimum atomic E-state index is 0.114. The molecule has 0 fully saturated rings. The molecule has 3 N–H and O–H groups in total. The van der Waals surface area contributed by atoms with Crippen molar-refractivity contribution in [1.82, 2.24) is 0 Å². The molecule has 0 aliphatic heterocycles. The Labute approximate surface area is 90.5 Å². The van der Waals surface area contributed by atoms with E-state index < -0.39 is 0 Å². The molecule has 0 unspecified atom stereocenters. The maximum atomic E-state index is 7.43. The molecule has 2 nitrogen and oxygen atoms in total. The van der Waals surface area contributed by atoms with Gasteiger partial charge in [-0.15, -0.1) is 11.8 Å². The van der Waals surface area contributed by atoms with Crippen LogP contribution in [-0.2, 0) is 0 Å². The van der Waals surface area contributed by atoms with Crippen molar-refractivity contribution in [1.29, 1.82) is 5.41 Å². The summed E-state index contributed by atoms with van der Waals surface area (Å²) < 4.78 is 0.887. The number of amidine groups is 1. The normalized spacial score (nSPS) is 10.0. The fraction of sp³-hybridized carbons (Fsp3) is 0.222. The first-order chi connectivity index (χ1) is 6.16. The zero-order chi connectivity index (χ0) is 9.84. The summed E-state index contributed by atoms with van der Waals surface area (Å²) in [6.45, 7) is 2.08. The molecule has 0 aliphatic rings. The first-order valence-corrected chi connectivity index (χ1v) is 5.70. The van der Waals surface area contributed by atoms with E-state index in [-0.39, 0.29) is 5.84 Å². The van der Waals surface area contributed by atoms with Gasteiger partial charge in [0.1, 0.15) is 5.84 Å². The Balaban J connectivity index is 3.17. The predicted octanol–water partition coefficient (Wildman–Crippen LogP) is 2.85. The van der Waals surface area contributed by atoms with Gasteiger partial charge in [0.15, 0.2) is 0 Å². The van der Waals surface area contributed by atoms with Crippen LogP contribution in [0.4, 0.5) is 0 Å². The Hall–Kier alpha value is -0.480. The Morgan fingerprint density at radius 3 is 2.85 bits per heavy atom. The second-order valence-corrected chi connectivity index (χ2v) is 4.62. The van der Waals surface area contributed by atoms with E-state index in [1.807, 2.05) is 18.2 Å². The summed E-state index contributed by atoms with van der Waals surface area (Å²) in [7, 11) is 0. The summed E-state index contributed by atoms with van der Waals surface area (Å²) in [6.07, 6.45) is 0. The van der Waals surface area contributed by atoms with Crippen molar-refractivity contribution in [2.75, 3.05) is 5.75 Å². The van der Waals surface area contributed by atoms with Crippen LogP contribution >= 0.6 is 27.7 Å². The molecule has 0 spiro atoms. The summed E-state index contributed by atoms with van der Waals surface area (Å²) in [5.41, 5.74) is 6.29. The average molecular weight is 259 g/mol. The minimum absolute atomic E-state index is 0.114. The van der Waals surface area contributed by atoms with Crippen LogP contribution in [0.3, 0.4) is 0 Å². The molecule has 0 amide bonds. The van der Waals surface area contributed by atoms with E-state index in [4.69, 9.17) is 11.1 Å². The number of halogens is 1. The average Bonchev–Trinajstić information content (AvgIpc) is 2.04. The lowest BCUT2D eigenvalue weighted by Gasteiger charge is -2.08. The number of hydrogen-bond donors (Lipinski definition) is 2. The molecule has 70 valence electrons. The Bertz CT molecular complexity index is 325. The number of rotatable bonds is 3. The number of nitrogens with two attached hydrogens (primary N) is 1. The van der Waals surface area contributed by atoms with Crippen molar-refractivity contribution in [2.24, 2.45) is 5.73 Å². The molecule has 0 saturated heterocycles. The van der Waals surface area contributed by atoms with E-state index in [1.54, 1.807) is 11.8 Å². The van der Waals surface area contributed by atoms with Crippen molar-refractivity contribution >= 4 is 33.5 Å². The molecular weight excluding hydrogens is 248 g/mol. The van der Waals surface area contributed by atoms with Gasteiger partial charge in [-0.25, -0.2) is 0 Å². The molecule has 0 aliphatic carbocycles. The number of hydrogen-bond acceptors (Lipinski definition) is 2. The highest BCUT2D eigenvalue weighted by atomic mass is 79.9. The van der Waals surface area contributed by atoms with Crippen LogP contribution in [0.25, 0.3) is 0 Å². The quantitative estimate of drug-likeness (QED) is 0.498. The van der Waals surface area contributed by atoms with E-state index >= 15 is 0 Å². The zero-order valence-corrected chi connectivity index (χ0v) is 9.71. The van der Waals surface area contributed by atoms with Crippen LogP contribution in [0.5, 0.6) is 0 Å². The van der Waals surface area contributed by atoms with Crippen molar-refractivity contribution in [3.05, 3.63) is 28.2 Å². The third kappa shape index (κ3) is 2.48. The summed E-state index contributed by atoms with van der Waals surface area (Å²) in [4.78, 5) is 1.06. The first-order valence-electron chi connectivity index (χ1n) is 3.92. The molecule has 1 aromatic rings. The van der Waals surface area contributed by atoms with Gasteiger partial charge in [-0.2, -0.15) is 0 Å². The Morgan fingerprint density at radius 2 is 2.31 bits per heavy atom. The van der Waals surface area contributed by atoms with Crippen molar-refractivity contribution in [3.8, 4) is 0 Å². The molecule has 0 atom stereocenters. The van der Waals surface area contributed by atoms with E-state index in [0.717, 1.165) is 20.7 Å². The van der Waals surface area contributed by atoms with Crippen LogP contribution in [-0.4, -0.2) is 11.6 Å². The smallest absolute Gasteiger partial charge is 0.125 e. The summed E-state index contributed by atoms with van der Waals surface area (Å²) in [6, 6.07) is 5.83. The highest BCUT2D eigenvalue weighted by Gasteiger charge is 2.08. The second-order valence-electron chi connectivity index (χ2n) is 2.46. The van der Waals surface area contributed by atoms with E-state index in [1.165, 1.54) is 0 Å². The molecule has 0 heterocycles. The fourth-order valence-corrected chi connectivity index (χ4v) is 2.60. The van der Waals surface area contributed by atoms with Crippen molar-refractivity contribution in [2.45, 2.75) is 11.8 Å². The highest BCUT2D eigenvalue weighted by molar-refractivity contribution is 9.10. The predicted molar refractivity (Wildman–Crippen MR) is 61.6 cm³/mol. The van der Waals surface area contributed by atoms with Gasteiger partial charge < -0.3 is 5.73 Å². The summed E-state index contributed by atoms with van der Waals surface area (Å²) in [5, 5.41) is 7.43. The van der Waals surface area contributed by atoms with Crippen LogP contribution < -0.4 is 5.73 Å². The van der Waals surface area contributed by atoms with E-state index in [0.29, 0.717) is 0 Å². The molecule has 0 radical (unpaired) electrons. The van der Waals surface area contributed by atoms with Gasteiger partial charge >= 0.3 is 0 Å². The summed E-state index contributed by atoms with van der Waals surface area (Å²) in [5.74, 6) is 1.10. The third-order valence-electron chi connectivity index (χ3n) is 1.54. The van der Waals surface area contributed by atoms with Gasteiger partial charge in [-0.1, -0.05) is 13.0 Å². The zero-order valence-electron chi connectivity index (χ0n) is 7.30. The van der Waals surface area contributed by atoms with Crippen LogP contribution in [0, 0.1) is 5.41 Å². The Morgan fingerprint density at radius 1 is 1.62 bits per heavy atom. The lowest BCUT2D eigenvalue weighted by Crippen LogP contribution is -2.13. The summed E-state index contributed by atoms with van der Waals surface area (Å²) >= 11 is 5.08. The lowest BCUT2D eigenvalue weighted by atomic mass is 10.2. The molecular formula is C9H11BrN2S.